The fourth-order valence-corrected chi connectivity index (χ4v) is 3.24. The number of furan rings is 1. The molecule has 0 amide bonds. The van der Waals surface area contributed by atoms with Crippen LogP contribution in [-0.4, -0.2) is 24.5 Å². The van der Waals surface area contributed by atoms with Gasteiger partial charge in [0.25, 0.3) is 0 Å². The molecule has 0 N–H and O–H groups in total. The van der Waals surface area contributed by atoms with Crippen LogP contribution in [0.3, 0.4) is 0 Å². The monoisotopic (exact) mass is 317 g/mol. The highest BCUT2D eigenvalue weighted by Gasteiger charge is 2.27. The number of benzene rings is 1. The molecule has 0 saturated carbocycles. The van der Waals surface area contributed by atoms with E-state index in [1.807, 2.05) is 6.07 Å². The quantitative estimate of drug-likeness (QED) is 0.803. The summed E-state index contributed by atoms with van der Waals surface area (Å²) in [5.74, 6) is 0.691. The Hall–Kier alpha value is -2.14. The van der Waals surface area contributed by atoms with Crippen molar-refractivity contribution in [2.75, 3.05) is 13.7 Å². The molecule has 0 spiro atoms. The molecule has 1 saturated heterocycles. The van der Waals surface area contributed by atoms with Crippen LogP contribution in [0.2, 0.25) is 0 Å². The van der Waals surface area contributed by atoms with Gasteiger partial charge in [-0.25, -0.2) is 9.18 Å². The van der Waals surface area contributed by atoms with Gasteiger partial charge >= 0.3 is 5.97 Å². The lowest BCUT2D eigenvalue weighted by molar-refractivity contribution is 0.0599. The van der Waals surface area contributed by atoms with E-state index in [2.05, 4.69) is 4.90 Å². The van der Waals surface area contributed by atoms with E-state index in [0.29, 0.717) is 17.9 Å². The van der Waals surface area contributed by atoms with Crippen molar-refractivity contribution in [2.45, 2.75) is 32.4 Å². The van der Waals surface area contributed by atoms with Gasteiger partial charge in [-0.15, -0.1) is 0 Å². The standard InChI is InChI=1S/C18H20FNO3/c1-12-16(18(21)22-2)10-15(23-12)11-20-8-4-7-17(20)13-5-3-6-14(19)9-13/h3,5-6,9-10,17H,4,7-8,11H2,1-2H3. The maximum absolute atomic E-state index is 13.5. The highest BCUT2D eigenvalue weighted by atomic mass is 19.1. The average molecular weight is 317 g/mol. The van der Waals surface area contributed by atoms with E-state index < -0.39 is 0 Å². The maximum Gasteiger partial charge on any atom is 0.341 e. The fraction of sp³-hybridized carbons (Fsp3) is 0.389. The van der Waals surface area contributed by atoms with E-state index in [-0.39, 0.29) is 17.8 Å². The smallest absolute Gasteiger partial charge is 0.341 e. The second-order valence-electron chi connectivity index (χ2n) is 5.86. The highest BCUT2D eigenvalue weighted by Crippen LogP contribution is 2.33. The maximum atomic E-state index is 13.5. The Labute approximate surface area is 134 Å². The first-order chi connectivity index (χ1) is 11.1. The van der Waals surface area contributed by atoms with Crippen molar-refractivity contribution in [3.05, 3.63) is 58.8 Å². The van der Waals surface area contributed by atoms with Gasteiger partial charge in [0.2, 0.25) is 0 Å². The van der Waals surface area contributed by atoms with Gasteiger partial charge in [0.1, 0.15) is 22.9 Å². The van der Waals surface area contributed by atoms with Crippen LogP contribution in [0.15, 0.2) is 34.7 Å². The minimum atomic E-state index is -0.388. The molecule has 1 aliphatic heterocycles. The van der Waals surface area contributed by atoms with Gasteiger partial charge in [-0.2, -0.15) is 0 Å². The summed E-state index contributed by atoms with van der Waals surface area (Å²) >= 11 is 0. The van der Waals surface area contributed by atoms with Crippen LogP contribution in [0.5, 0.6) is 0 Å². The van der Waals surface area contributed by atoms with Crippen molar-refractivity contribution < 1.29 is 18.3 Å². The SMILES string of the molecule is COC(=O)c1cc(CN2CCCC2c2cccc(F)c2)oc1C. The van der Waals surface area contributed by atoms with Crippen molar-refractivity contribution in [1.29, 1.82) is 0 Å². The van der Waals surface area contributed by atoms with Gasteiger partial charge in [0.05, 0.1) is 13.7 Å². The molecule has 1 aliphatic rings. The minimum Gasteiger partial charge on any atom is -0.465 e. The van der Waals surface area contributed by atoms with Crippen LogP contribution in [-0.2, 0) is 11.3 Å². The predicted octanol–water partition coefficient (Wildman–Crippen LogP) is 3.85. The van der Waals surface area contributed by atoms with E-state index in [1.54, 1.807) is 25.1 Å². The summed E-state index contributed by atoms with van der Waals surface area (Å²) in [6, 6.07) is 8.67. The number of ether oxygens (including phenoxy) is 1. The molecule has 1 aromatic carbocycles. The average Bonchev–Trinajstić information content (AvgIpc) is 3.13. The highest BCUT2D eigenvalue weighted by molar-refractivity contribution is 5.90. The molecule has 1 aromatic heterocycles. The van der Waals surface area contributed by atoms with Crippen molar-refractivity contribution >= 4 is 5.97 Å². The predicted molar refractivity (Wildman–Crippen MR) is 83.6 cm³/mol. The third-order valence-corrected chi connectivity index (χ3v) is 4.33. The van der Waals surface area contributed by atoms with Crippen molar-refractivity contribution in [3.8, 4) is 0 Å². The van der Waals surface area contributed by atoms with Crippen molar-refractivity contribution in [3.63, 3.8) is 0 Å². The number of methoxy groups -OCH3 is 1. The van der Waals surface area contributed by atoms with Crippen molar-refractivity contribution in [1.82, 2.24) is 4.90 Å². The molecule has 23 heavy (non-hydrogen) atoms. The molecule has 4 nitrogen and oxygen atoms in total. The Balaban J connectivity index is 1.78. The summed E-state index contributed by atoms with van der Waals surface area (Å²) in [4.78, 5) is 13.9. The summed E-state index contributed by atoms with van der Waals surface area (Å²) in [7, 11) is 1.36. The number of hydrogen-bond acceptors (Lipinski definition) is 4. The van der Waals surface area contributed by atoms with Gasteiger partial charge in [0, 0.05) is 6.04 Å². The van der Waals surface area contributed by atoms with Crippen LogP contribution < -0.4 is 0 Å². The zero-order chi connectivity index (χ0) is 16.4. The Bertz CT molecular complexity index is 710. The largest absolute Gasteiger partial charge is 0.465 e. The Kier molecular flexibility index (Phi) is 4.48. The molecule has 1 unspecified atom stereocenters. The molecule has 0 bridgehead atoms. The Morgan fingerprint density at radius 3 is 3.00 bits per heavy atom. The number of likely N-dealkylation sites (tertiary alicyclic amines) is 1. The van der Waals surface area contributed by atoms with Gasteiger partial charge < -0.3 is 9.15 Å². The van der Waals surface area contributed by atoms with Crippen LogP contribution in [0.25, 0.3) is 0 Å². The molecule has 3 rings (SSSR count). The first-order valence-electron chi connectivity index (χ1n) is 7.75. The first kappa shape index (κ1) is 15.7. The summed E-state index contributed by atoms with van der Waals surface area (Å²) < 4.78 is 23.9. The molecular weight excluding hydrogens is 297 g/mol. The first-order valence-corrected chi connectivity index (χ1v) is 7.75. The number of carbonyl (C=O) groups is 1. The lowest BCUT2D eigenvalue weighted by Gasteiger charge is -2.23. The fourth-order valence-electron chi connectivity index (χ4n) is 3.24. The van der Waals surface area contributed by atoms with Gasteiger partial charge in [-0.05, 0) is 50.1 Å². The summed E-state index contributed by atoms with van der Waals surface area (Å²) in [5.41, 5.74) is 1.45. The zero-order valence-electron chi connectivity index (χ0n) is 13.3. The molecule has 1 fully saturated rings. The Morgan fingerprint density at radius 1 is 1.43 bits per heavy atom. The zero-order valence-corrected chi connectivity index (χ0v) is 13.3. The normalized spacial score (nSPS) is 18.3. The molecular formula is C18H20FNO3. The Morgan fingerprint density at radius 2 is 2.26 bits per heavy atom. The van der Waals surface area contributed by atoms with E-state index >= 15 is 0 Å². The molecule has 0 aliphatic carbocycles. The van der Waals surface area contributed by atoms with Crippen molar-refractivity contribution in [2.24, 2.45) is 0 Å². The second-order valence-corrected chi connectivity index (χ2v) is 5.86. The van der Waals surface area contributed by atoms with Crippen LogP contribution >= 0.6 is 0 Å². The van der Waals surface area contributed by atoms with E-state index in [0.717, 1.165) is 30.7 Å². The number of halogens is 1. The van der Waals surface area contributed by atoms with Gasteiger partial charge in [0.15, 0.2) is 0 Å². The van der Waals surface area contributed by atoms with Gasteiger partial charge in [-0.3, -0.25) is 4.90 Å². The number of aryl methyl sites for hydroxylation is 1. The number of carbonyl (C=O) groups excluding carboxylic acids is 1. The third-order valence-electron chi connectivity index (χ3n) is 4.33. The lowest BCUT2D eigenvalue weighted by Crippen LogP contribution is -2.22. The van der Waals surface area contributed by atoms with Crippen LogP contribution in [0.4, 0.5) is 4.39 Å². The second kappa shape index (κ2) is 6.54. The van der Waals surface area contributed by atoms with Crippen LogP contribution in [0, 0.1) is 12.7 Å². The van der Waals surface area contributed by atoms with Gasteiger partial charge in [-0.1, -0.05) is 12.1 Å². The summed E-state index contributed by atoms with van der Waals surface area (Å²) in [6.45, 7) is 3.28. The lowest BCUT2D eigenvalue weighted by atomic mass is 10.0. The molecule has 2 aromatic rings. The molecule has 5 heteroatoms. The number of nitrogens with zero attached hydrogens (tertiary/aromatic N) is 1. The van der Waals surface area contributed by atoms with E-state index in [4.69, 9.17) is 9.15 Å². The number of rotatable bonds is 4. The summed E-state index contributed by atoms with van der Waals surface area (Å²) in [6.07, 6.45) is 2.05. The van der Waals surface area contributed by atoms with E-state index in [1.165, 1.54) is 13.2 Å². The molecule has 122 valence electrons. The van der Waals surface area contributed by atoms with E-state index in [9.17, 15) is 9.18 Å². The summed E-state index contributed by atoms with van der Waals surface area (Å²) in [5, 5.41) is 0. The topological polar surface area (TPSA) is 42.7 Å². The molecule has 1 atom stereocenters. The third kappa shape index (κ3) is 3.29. The molecule has 2 heterocycles. The molecule has 0 radical (unpaired) electrons. The minimum absolute atomic E-state index is 0.178. The number of hydrogen-bond donors (Lipinski definition) is 0. The number of esters is 1. The van der Waals surface area contributed by atoms with Crippen LogP contribution in [0.1, 0.15) is 46.3 Å².